The van der Waals surface area contributed by atoms with Crippen LogP contribution in [0.2, 0.25) is 0 Å². The molecular formula is C12H22N2O3. The number of carbonyl (C=O) groups is 2. The number of nitrogens with one attached hydrogen (secondary N) is 1. The SMILES string of the molecule is CC[C@H](C)[C@H](NC(=O)N1CCC(C)C1)C(=O)O. The number of nitrogens with zero attached hydrogens (tertiary/aromatic N) is 1. The zero-order chi connectivity index (χ0) is 13.0. The second-order valence-corrected chi connectivity index (χ2v) is 4.99. The van der Waals surface area contributed by atoms with Crippen molar-refractivity contribution in [2.24, 2.45) is 11.8 Å². The van der Waals surface area contributed by atoms with Crippen molar-refractivity contribution in [1.82, 2.24) is 10.2 Å². The summed E-state index contributed by atoms with van der Waals surface area (Å²) in [5.74, 6) is -0.510. The lowest BCUT2D eigenvalue weighted by atomic mass is 9.99. The lowest BCUT2D eigenvalue weighted by molar-refractivity contribution is -0.140. The van der Waals surface area contributed by atoms with Gasteiger partial charge in [-0.3, -0.25) is 0 Å². The lowest BCUT2D eigenvalue weighted by Gasteiger charge is -2.24. The minimum Gasteiger partial charge on any atom is -0.480 e. The molecule has 0 saturated carbocycles. The van der Waals surface area contributed by atoms with Gasteiger partial charge in [-0.2, -0.15) is 0 Å². The van der Waals surface area contributed by atoms with Gasteiger partial charge in [0.2, 0.25) is 0 Å². The maximum absolute atomic E-state index is 11.9. The molecule has 3 atom stereocenters. The number of likely N-dealkylation sites (tertiary alicyclic amines) is 1. The Hall–Kier alpha value is -1.26. The summed E-state index contributed by atoms with van der Waals surface area (Å²) < 4.78 is 0. The summed E-state index contributed by atoms with van der Waals surface area (Å²) >= 11 is 0. The maximum Gasteiger partial charge on any atom is 0.326 e. The Morgan fingerprint density at radius 2 is 2.18 bits per heavy atom. The Bertz CT molecular complexity index is 293. The second-order valence-electron chi connectivity index (χ2n) is 4.99. The van der Waals surface area contributed by atoms with Gasteiger partial charge in [-0.05, 0) is 18.3 Å². The van der Waals surface area contributed by atoms with Gasteiger partial charge in [-0.25, -0.2) is 9.59 Å². The normalized spacial score (nSPS) is 23.2. The number of hydrogen-bond donors (Lipinski definition) is 2. The minimum absolute atomic E-state index is 0.0588. The van der Waals surface area contributed by atoms with Crippen LogP contribution in [0, 0.1) is 11.8 Å². The van der Waals surface area contributed by atoms with Crippen molar-refractivity contribution in [2.45, 2.75) is 39.7 Å². The Kier molecular flexibility index (Phi) is 4.78. The topological polar surface area (TPSA) is 69.6 Å². The molecule has 1 rings (SSSR count). The van der Waals surface area contributed by atoms with E-state index in [2.05, 4.69) is 12.2 Å². The standard InChI is InChI=1S/C12H22N2O3/c1-4-9(3)10(11(15)16)13-12(17)14-6-5-8(2)7-14/h8-10H,4-7H2,1-3H3,(H,13,17)(H,15,16)/t8?,9-,10-/m0/s1. The number of urea groups is 1. The van der Waals surface area contributed by atoms with E-state index in [1.807, 2.05) is 13.8 Å². The van der Waals surface area contributed by atoms with E-state index in [1.54, 1.807) is 4.90 Å². The Morgan fingerprint density at radius 1 is 1.53 bits per heavy atom. The average molecular weight is 242 g/mol. The van der Waals surface area contributed by atoms with Crippen LogP contribution >= 0.6 is 0 Å². The Balaban J connectivity index is 2.55. The number of hydrogen-bond acceptors (Lipinski definition) is 2. The first-order valence-corrected chi connectivity index (χ1v) is 6.24. The molecule has 0 bridgehead atoms. The number of amides is 2. The highest BCUT2D eigenvalue weighted by Crippen LogP contribution is 2.16. The van der Waals surface area contributed by atoms with E-state index in [-0.39, 0.29) is 11.9 Å². The number of rotatable bonds is 4. The van der Waals surface area contributed by atoms with Crippen LogP contribution in [0.4, 0.5) is 4.79 Å². The summed E-state index contributed by atoms with van der Waals surface area (Å²) in [6.07, 6.45) is 1.72. The van der Waals surface area contributed by atoms with Gasteiger partial charge < -0.3 is 15.3 Å². The second kappa shape index (κ2) is 5.89. The van der Waals surface area contributed by atoms with Crippen molar-refractivity contribution in [1.29, 1.82) is 0 Å². The van der Waals surface area contributed by atoms with E-state index in [1.165, 1.54) is 0 Å². The van der Waals surface area contributed by atoms with Crippen molar-refractivity contribution in [3.8, 4) is 0 Å². The zero-order valence-corrected chi connectivity index (χ0v) is 10.8. The van der Waals surface area contributed by atoms with E-state index in [9.17, 15) is 9.59 Å². The van der Waals surface area contributed by atoms with Crippen LogP contribution < -0.4 is 5.32 Å². The lowest BCUT2D eigenvalue weighted by Crippen LogP contribution is -2.50. The third-order valence-corrected chi connectivity index (χ3v) is 3.47. The van der Waals surface area contributed by atoms with Crippen LogP contribution in [0.15, 0.2) is 0 Å². The summed E-state index contributed by atoms with van der Waals surface area (Å²) in [6, 6.07) is -1.04. The highest BCUT2D eigenvalue weighted by atomic mass is 16.4. The van der Waals surface area contributed by atoms with E-state index in [4.69, 9.17) is 5.11 Å². The minimum atomic E-state index is -0.958. The van der Waals surface area contributed by atoms with Crippen LogP contribution in [-0.4, -0.2) is 41.1 Å². The van der Waals surface area contributed by atoms with Gasteiger partial charge in [-0.1, -0.05) is 27.2 Å². The molecule has 0 aromatic rings. The molecule has 0 aliphatic carbocycles. The molecule has 1 saturated heterocycles. The zero-order valence-electron chi connectivity index (χ0n) is 10.8. The smallest absolute Gasteiger partial charge is 0.326 e. The molecule has 5 nitrogen and oxygen atoms in total. The highest BCUT2D eigenvalue weighted by Gasteiger charge is 2.29. The Labute approximate surface area is 102 Å². The van der Waals surface area contributed by atoms with Crippen molar-refractivity contribution < 1.29 is 14.7 Å². The monoisotopic (exact) mass is 242 g/mol. The number of aliphatic carboxylic acids is 1. The molecule has 1 unspecified atom stereocenters. The summed E-state index contributed by atoms with van der Waals surface area (Å²) in [6.45, 7) is 7.30. The van der Waals surface area contributed by atoms with Gasteiger partial charge in [0, 0.05) is 13.1 Å². The Morgan fingerprint density at radius 3 is 2.59 bits per heavy atom. The molecule has 1 fully saturated rings. The fourth-order valence-corrected chi connectivity index (χ4v) is 2.03. The first kappa shape index (κ1) is 13.8. The quantitative estimate of drug-likeness (QED) is 0.785. The summed E-state index contributed by atoms with van der Waals surface area (Å²) in [5, 5.41) is 11.7. The van der Waals surface area contributed by atoms with Crippen LogP contribution in [0.25, 0.3) is 0 Å². The van der Waals surface area contributed by atoms with Crippen LogP contribution in [0.1, 0.15) is 33.6 Å². The third kappa shape index (κ3) is 3.61. The molecule has 17 heavy (non-hydrogen) atoms. The molecule has 1 heterocycles. The summed E-state index contributed by atoms with van der Waals surface area (Å²) in [5.41, 5.74) is 0. The number of carbonyl (C=O) groups excluding carboxylic acids is 1. The van der Waals surface area contributed by atoms with Crippen molar-refractivity contribution in [3.05, 3.63) is 0 Å². The summed E-state index contributed by atoms with van der Waals surface area (Å²) in [7, 11) is 0. The molecule has 98 valence electrons. The van der Waals surface area contributed by atoms with Crippen molar-refractivity contribution >= 4 is 12.0 Å². The molecule has 0 spiro atoms. The first-order chi connectivity index (χ1) is 7.95. The first-order valence-electron chi connectivity index (χ1n) is 6.24. The molecule has 1 aliphatic rings. The molecule has 2 N–H and O–H groups in total. The average Bonchev–Trinajstić information content (AvgIpc) is 2.71. The van der Waals surface area contributed by atoms with Crippen LogP contribution in [-0.2, 0) is 4.79 Å². The molecule has 5 heteroatoms. The molecule has 0 aromatic heterocycles. The largest absolute Gasteiger partial charge is 0.480 e. The highest BCUT2D eigenvalue weighted by molar-refractivity contribution is 5.82. The fourth-order valence-electron chi connectivity index (χ4n) is 2.03. The van der Waals surface area contributed by atoms with Gasteiger partial charge in [0.25, 0.3) is 0 Å². The molecule has 2 amide bonds. The molecular weight excluding hydrogens is 220 g/mol. The van der Waals surface area contributed by atoms with Gasteiger partial charge in [0.1, 0.15) is 6.04 Å². The third-order valence-electron chi connectivity index (χ3n) is 3.47. The molecule has 0 aromatic carbocycles. The predicted octanol–water partition coefficient (Wildman–Crippen LogP) is 1.54. The molecule has 0 radical (unpaired) electrons. The van der Waals surface area contributed by atoms with Crippen molar-refractivity contribution in [2.75, 3.05) is 13.1 Å². The van der Waals surface area contributed by atoms with E-state index in [0.29, 0.717) is 5.92 Å². The molecule has 1 aliphatic heterocycles. The maximum atomic E-state index is 11.9. The predicted molar refractivity (Wildman–Crippen MR) is 64.8 cm³/mol. The van der Waals surface area contributed by atoms with Gasteiger partial charge in [0.15, 0.2) is 0 Å². The van der Waals surface area contributed by atoms with Gasteiger partial charge in [-0.15, -0.1) is 0 Å². The van der Waals surface area contributed by atoms with E-state index < -0.39 is 12.0 Å². The number of carboxylic acids is 1. The van der Waals surface area contributed by atoms with Gasteiger partial charge in [0.05, 0.1) is 0 Å². The van der Waals surface area contributed by atoms with Gasteiger partial charge >= 0.3 is 12.0 Å². The van der Waals surface area contributed by atoms with E-state index in [0.717, 1.165) is 25.9 Å². The fraction of sp³-hybridized carbons (Fsp3) is 0.833. The van der Waals surface area contributed by atoms with Crippen molar-refractivity contribution in [3.63, 3.8) is 0 Å². The van der Waals surface area contributed by atoms with Crippen LogP contribution in [0.3, 0.4) is 0 Å². The van der Waals surface area contributed by atoms with Crippen LogP contribution in [0.5, 0.6) is 0 Å². The summed E-state index contributed by atoms with van der Waals surface area (Å²) in [4.78, 5) is 24.7. The number of carboxylic acid groups (broad SMARTS) is 1. The van der Waals surface area contributed by atoms with E-state index >= 15 is 0 Å².